The SMILES string of the molecule is COC(C[C@@H]1O[C@@H]1[C@@H](O)[C@@H](C)OCc1ccccc1)OC. The first-order chi connectivity index (χ1) is 10.2. The summed E-state index contributed by atoms with van der Waals surface area (Å²) in [6.45, 7) is 2.34. The maximum atomic E-state index is 10.2. The van der Waals surface area contributed by atoms with E-state index in [0.29, 0.717) is 13.0 Å². The van der Waals surface area contributed by atoms with Crippen molar-refractivity contribution in [3.05, 3.63) is 35.9 Å². The number of aliphatic hydroxyl groups is 1. The van der Waals surface area contributed by atoms with Crippen LogP contribution in [0.1, 0.15) is 18.9 Å². The average Bonchev–Trinajstić information content (AvgIpc) is 3.29. The molecule has 0 aliphatic carbocycles. The summed E-state index contributed by atoms with van der Waals surface area (Å²) >= 11 is 0. The second kappa shape index (κ2) is 7.87. The summed E-state index contributed by atoms with van der Waals surface area (Å²) in [5.41, 5.74) is 1.09. The molecule has 0 unspecified atom stereocenters. The number of benzene rings is 1. The molecule has 5 heteroatoms. The minimum atomic E-state index is -0.645. The third kappa shape index (κ3) is 4.76. The molecular formula is C16H24O5. The highest BCUT2D eigenvalue weighted by Crippen LogP contribution is 2.32. The average molecular weight is 296 g/mol. The Kier molecular flexibility index (Phi) is 6.14. The van der Waals surface area contributed by atoms with Crippen LogP contribution >= 0.6 is 0 Å². The van der Waals surface area contributed by atoms with Gasteiger partial charge in [-0.25, -0.2) is 0 Å². The second-order valence-corrected chi connectivity index (χ2v) is 5.27. The highest BCUT2D eigenvalue weighted by Gasteiger charge is 2.47. The molecule has 0 aromatic heterocycles. The van der Waals surface area contributed by atoms with Crippen molar-refractivity contribution in [2.75, 3.05) is 14.2 Å². The third-order valence-corrected chi connectivity index (χ3v) is 3.75. The molecule has 0 radical (unpaired) electrons. The van der Waals surface area contributed by atoms with Gasteiger partial charge in [0.15, 0.2) is 6.29 Å². The van der Waals surface area contributed by atoms with E-state index in [2.05, 4.69) is 0 Å². The van der Waals surface area contributed by atoms with Crippen LogP contribution in [0.25, 0.3) is 0 Å². The number of aliphatic hydroxyl groups excluding tert-OH is 1. The van der Waals surface area contributed by atoms with Gasteiger partial charge in [-0.15, -0.1) is 0 Å². The number of epoxide rings is 1. The summed E-state index contributed by atoms with van der Waals surface area (Å²) < 4.78 is 21.5. The topological polar surface area (TPSA) is 60.5 Å². The molecule has 1 aliphatic heterocycles. The molecule has 118 valence electrons. The van der Waals surface area contributed by atoms with E-state index in [9.17, 15) is 5.11 Å². The van der Waals surface area contributed by atoms with Crippen molar-refractivity contribution in [1.82, 2.24) is 0 Å². The molecule has 1 aliphatic rings. The van der Waals surface area contributed by atoms with Crippen molar-refractivity contribution in [1.29, 1.82) is 0 Å². The third-order valence-electron chi connectivity index (χ3n) is 3.75. The Morgan fingerprint density at radius 1 is 1.19 bits per heavy atom. The smallest absolute Gasteiger partial charge is 0.159 e. The fourth-order valence-corrected chi connectivity index (χ4v) is 2.29. The fourth-order valence-electron chi connectivity index (χ4n) is 2.29. The number of hydrogen-bond donors (Lipinski definition) is 1. The molecule has 21 heavy (non-hydrogen) atoms. The lowest BCUT2D eigenvalue weighted by molar-refractivity contribution is -0.109. The van der Waals surface area contributed by atoms with Crippen molar-refractivity contribution in [2.45, 2.75) is 50.7 Å². The predicted molar refractivity (Wildman–Crippen MR) is 77.8 cm³/mol. The quantitative estimate of drug-likeness (QED) is 0.555. The van der Waals surface area contributed by atoms with Crippen LogP contribution in [0.5, 0.6) is 0 Å². The molecule has 1 fully saturated rings. The van der Waals surface area contributed by atoms with Crippen LogP contribution in [0.15, 0.2) is 30.3 Å². The summed E-state index contributed by atoms with van der Waals surface area (Å²) in [4.78, 5) is 0. The van der Waals surface area contributed by atoms with Gasteiger partial charge < -0.3 is 24.1 Å². The van der Waals surface area contributed by atoms with Crippen LogP contribution < -0.4 is 0 Å². The Labute approximate surface area is 125 Å². The van der Waals surface area contributed by atoms with Gasteiger partial charge in [-0.3, -0.25) is 0 Å². The van der Waals surface area contributed by atoms with E-state index in [1.807, 2.05) is 37.3 Å². The molecule has 0 spiro atoms. The molecule has 1 aromatic carbocycles. The van der Waals surface area contributed by atoms with Gasteiger partial charge in [0.25, 0.3) is 0 Å². The van der Waals surface area contributed by atoms with E-state index in [4.69, 9.17) is 18.9 Å². The van der Waals surface area contributed by atoms with Crippen molar-refractivity contribution >= 4 is 0 Å². The van der Waals surface area contributed by atoms with E-state index >= 15 is 0 Å². The van der Waals surface area contributed by atoms with Gasteiger partial charge in [0.1, 0.15) is 12.2 Å². The first-order valence-electron chi connectivity index (χ1n) is 7.20. The molecule has 1 aromatic rings. The van der Waals surface area contributed by atoms with Gasteiger partial charge in [0.05, 0.1) is 18.8 Å². The molecule has 1 saturated heterocycles. The van der Waals surface area contributed by atoms with Crippen LogP contribution in [-0.2, 0) is 25.6 Å². The zero-order valence-electron chi connectivity index (χ0n) is 12.8. The van der Waals surface area contributed by atoms with Crippen LogP contribution in [-0.4, -0.2) is 50.0 Å². The van der Waals surface area contributed by atoms with E-state index < -0.39 is 6.10 Å². The van der Waals surface area contributed by atoms with Crippen LogP contribution in [0.2, 0.25) is 0 Å². The summed E-state index contributed by atoms with van der Waals surface area (Å²) in [5, 5.41) is 10.2. The van der Waals surface area contributed by atoms with Crippen LogP contribution in [0.4, 0.5) is 0 Å². The van der Waals surface area contributed by atoms with Crippen molar-refractivity contribution in [3.63, 3.8) is 0 Å². The van der Waals surface area contributed by atoms with E-state index in [0.717, 1.165) is 5.56 Å². The van der Waals surface area contributed by atoms with Crippen LogP contribution in [0, 0.1) is 0 Å². The molecule has 1 N–H and O–H groups in total. The fraction of sp³-hybridized carbons (Fsp3) is 0.625. The highest BCUT2D eigenvalue weighted by molar-refractivity contribution is 5.13. The molecule has 5 nitrogen and oxygen atoms in total. The van der Waals surface area contributed by atoms with Gasteiger partial charge in [-0.05, 0) is 12.5 Å². The predicted octanol–water partition coefficient (Wildman–Crippen LogP) is 1.73. The normalized spacial score (nSPS) is 24.0. The Morgan fingerprint density at radius 3 is 2.48 bits per heavy atom. The standard InChI is InChI=1S/C16H24O5/c1-11(20-10-12-7-5-4-6-8-12)15(17)16-13(21-16)9-14(18-2)19-3/h4-8,11,13-17H,9-10H2,1-3H3/t11-,13+,15+,16+/m1/s1. The first-order valence-corrected chi connectivity index (χ1v) is 7.20. The van der Waals surface area contributed by atoms with Crippen molar-refractivity contribution in [2.24, 2.45) is 0 Å². The van der Waals surface area contributed by atoms with Crippen LogP contribution in [0.3, 0.4) is 0 Å². The molecule has 0 amide bonds. The van der Waals surface area contributed by atoms with Gasteiger partial charge in [0, 0.05) is 20.6 Å². The largest absolute Gasteiger partial charge is 0.388 e. The van der Waals surface area contributed by atoms with Gasteiger partial charge in [-0.1, -0.05) is 30.3 Å². The minimum absolute atomic E-state index is 0.0346. The highest BCUT2D eigenvalue weighted by atomic mass is 16.7. The Hall–Kier alpha value is -0.980. The summed E-state index contributed by atoms with van der Waals surface area (Å²) in [5.74, 6) is 0. The maximum absolute atomic E-state index is 10.2. The Morgan fingerprint density at radius 2 is 1.86 bits per heavy atom. The zero-order valence-corrected chi connectivity index (χ0v) is 12.8. The number of hydrogen-bond acceptors (Lipinski definition) is 5. The summed E-state index contributed by atoms with van der Waals surface area (Å²) in [6.07, 6.45) is -0.860. The Balaban J connectivity index is 1.72. The van der Waals surface area contributed by atoms with Crippen molar-refractivity contribution in [3.8, 4) is 0 Å². The van der Waals surface area contributed by atoms with Gasteiger partial charge in [0.2, 0.25) is 0 Å². The van der Waals surface area contributed by atoms with Gasteiger partial charge in [-0.2, -0.15) is 0 Å². The number of rotatable bonds is 9. The van der Waals surface area contributed by atoms with Crippen molar-refractivity contribution < 1.29 is 24.1 Å². The minimum Gasteiger partial charge on any atom is -0.388 e. The molecule has 4 atom stereocenters. The maximum Gasteiger partial charge on any atom is 0.159 e. The lowest BCUT2D eigenvalue weighted by atomic mass is 10.1. The van der Waals surface area contributed by atoms with E-state index in [-0.39, 0.29) is 24.6 Å². The molecule has 2 rings (SSSR count). The number of methoxy groups -OCH3 is 2. The lowest BCUT2D eigenvalue weighted by Crippen LogP contribution is -2.32. The van der Waals surface area contributed by atoms with E-state index in [1.165, 1.54) is 0 Å². The van der Waals surface area contributed by atoms with Gasteiger partial charge >= 0.3 is 0 Å². The lowest BCUT2D eigenvalue weighted by Gasteiger charge is -2.18. The second-order valence-electron chi connectivity index (χ2n) is 5.27. The molecule has 0 bridgehead atoms. The summed E-state index contributed by atoms with van der Waals surface area (Å²) in [7, 11) is 3.18. The monoisotopic (exact) mass is 296 g/mol. The Bertz CT molecular complexity index is 406. The summed E-state index contributed by atoms with van der Waals surface area (Å²) in [6, 6.07) is 9.89. The first kappa shape index (κ1) is 16.4. The number of ether oxygens (including phenoxy) is 4. The molecular weight excluding hydrogens is 272 g/mol. The molecule has 0 saturated carbocycles. The molecule has 1 heterocycles. The van der Waals surface area contributed by atoms with E-state index in [1.54, 1.807) is 14.2 Å². The zero-order chi connectivity index (χ0) is 15.2.